The highest BCUT2D eigenvalue weighted by molar-refractivity contribution is 6.35. The van der Waals surface area contributed by atoms with Gasteiger partial charge in [0.1, 0.15) is 5.75 Å². The predicted molar refractivity (Wildman–Crippen MR) is 125 cm³/mol. The molecule has 7 nitrogen and oxygen atoms in total. The molecular weight excluding hydrogens is 404 g/mol. The second-order valence-corrected chi connectivity index (χ2v) is 7.68. The van der Waals surface area contributed by atoms with Crippen molar-refractivity contribution in [2.75, 3.05) is 7.11 Å². The van der Waals surface area contributed by atoms with Crippen LogP contribution in [-0.4, -0.2) is 29.7 Å². The van der Waals surface area contributed by atoms with Crippen molar-refractivity contribution >= 4 is 18.0 Å². The molecule has 0 aliphatic heterocycles. The third-order valence-corrected chi connectivity index (χ3v) is 5.25. The number of aromatic nitrogens is 1. The molecule has 0 saturated carbocycles. The fourth-order valence-electron chi connectivity index (χ4n) is 3.56. The lowest BCUT2D eigenvalue weighted by molar-refractivity contribution is -0.139. The number of rotatable bonds is 6. The molecule has 0 radical (unpaired) electrons. The fraction of sp³-hybridized carbons (Fsp3) is 0.240. The van der Waals surface area contributed by atoms with E-state index in [2.05, 4.69) is 52.5 Å². The van der Waals surface area contributed by atoms with Gasteiger partial charge in [-0.1, -0.05) is 29.8 Å². The quantitative estimate of drug-likeness (QED) is 0.355. The Balaban J connectivity index is 1.61. The fourth-order valence-corrected chi connectivity index (χ4v) is 3.56. The molecule has 0 fully saturated rings. The predicted octanol–water partition coefficient (Wildman–Crippen LogP) is 3.49. The molecule has 0 atom stereocenters. The van der Waals surface area contributed by atoms with E-state index in [0.717, 1.165) is 34.0 Å². The Hall–Kier alpha value is -3.87. The normalized spacial score (nSPS) is 10.9. The summed E-state index contributed by atoms with van der Waals surface area (Å²) < 4.78 is 7.25. The highest BCUT2D eigenvalue weighted by Crippen LogP contribution is 2.23. The molecule has 7 heteroatoms. The van der Waals surface area contributed by atoms with Gasteiger partial charge in [-0.3, -0.25) is 9.59 Å². The third kappa shape index (κ3) is 5.24. The first-order valence-corrected chi connectivity index (χ1v) is 10.3. The van der Waals surface area contributed by atoms with E-state index >= 15 is 0 Å². The summed E-state index contributed by atoms with van der Waals surface area (Å²) in [5.74, 6) is -0.847. The second-order valence-electron chi connectivity index (χ2n) is 7.68. The molecule has 0 saturated heterocycles. The molecule has 1 heterocycles. The molecule has 32 heavy (non-hydrogen) atoms. The smallest absolute Gasteiger partial charge is 0.329 e. The molecule has 3 aromatic rings. The minimum absolute atomic E-state index is 0.233. The molecule has 0 aliphatic carbocycles. The van der Waals surface area contributed by atoms with E-state index in [1.807, 2.05) is 32.0 Å². The number of methoxy groups -OCH3 is 1. The zero-order valence-corrected chi connectivity index (χ0v) is 19.0. The van der Waals surface area contributed by atoms with Crippen LogP contribution in [0.15, 0.2) is 53.6 Å². The lowest BCUT2D eigenvalue weighted by atomic mass is 10.1. The molecular formula is C25H28N4O3. The van der Waals surface area contributed by atoms with Crippen LogP contribution in [0, 0.1) is 27.7 Å². The summed E-state index contributed by atoms with van der Waals surface area (Å²) in [6.45, 7) is 8.41. The number of carbonyl (C=O) groups is 2. The first kappa shape index (κ1) is 22.8. The Bertz CT molecular complexity index is 1160. The number of benzene rings is 2. The van der Waals surface area contributed by atoms with Gasteiger partial charge in [0.05, 0.1) is 13.3 Å². The van der Waals surface area contributed by atoms with Crippen molar-refractivity contribution in [2.45, 2.75) is 34.2 Å². The third-order valence-electron chi connectivity index (χ3n) is 5.25. The van der Waals surface area contributed by atoms with Gasteiger partial charge in [0.15, 0.2) is 0 Å². The monoisotopic (exact) mass is 432 g/mol. The van der Waals surface area contributed by atoms with Crippen LogP contribution in [0.2, 0.25) is 0 Å². The SMILES string of the molecule is COc1ccc(CNC(=O)C(=O)N/N=C\c2cc(C)n(-c3ccc(C)cc3C)c2C)cc1. The lowest BCUT2D eigenvalue weighted by Crippen LogP contribution is -2.37. The molecule has 0 unspecified atom stereocenters. The van der Waals surface area contributed by atoms with E-state index in [1.165, 1.54) is 11.1 Å². The van der Waals surface area contributed by atoms with Gasteiger partial charge in [-0.2, -0.15) is 5.10 Å². The molecule has 0 aliphatic rings. The van der Waals surface area contributed by atoms with E-state index in [9.17, 15) is 9.59 Å². The van der Waals surface area contributed by atoms with E-state index in [0.29, 0.717) is 0 Å². The van der Waals surface area contributed by atoms with Crippen LogP contribution in [0.1, 0.15) is 33.6 Å². The molecule has 3 rings (SSSR count). The molecule has 0 bridgehead atoms. The number of amides is 2. The van der Waals surface area contributed by atoms with Crippen LogP contribution >= 0.6 is 0 Å². The molecule has 166 valence electrons. The Morgan fingerprint density at radius 2 is 1.72 bits per heavy atom. The molecule has 2 N–H and O–H groups in total. The van der Waals surface area contributed by atoms with Gasteiger partial charge < -0.3 is 14.6 Å². The van der Waals surface area contributed by atoms with Gasteiger partial charge in [0, 0.05) is 29.2 Å². The van der Waals surface area contributed by atoms with Gasteiger partial charge in [-0.05, 0) is 63.1 Å². The number of aryl methyl sites for hydroxylation is 3. The maximum absolute atomic E-state index is 12.0. The van der Waals surface area contributed by atoms with Gasteiger partial charge in [-0.15, -0.1) is 0 Å². The van der Waals surface area contributed by atoms with Gasteiger partial charge in [0.25, 0.3) is 0 Å². The number of hydrogen-bond donors (Lipinski definition) is 2. The summed E-state index contributed by atoms with van der Waals surface area (Å²) in [5.41, 5.74) is 9.55. The Morgan fingerprint density at radius 1 is 1.00 bits per heavy atom. The van der Waals surface area contributed by atoms with E-state index in [4.69, 9.17) is 4.74 Å². The van der Waals surface area contributed by atoms with E-state index < -0.39 is 11.8 Å². The first-order chi connectivity index (χ1) is 15.3. The Kier molecular flexibility index (Phi) is 7.10. The number of nitrogens with zero attached hydrogens (tertiary/aromatic N) is 2. The van der Waals surface area contributed by atoms with Crippen molar-refractivity contribution in [2.24, 2.45) is 5.10 Å². The van der Waals surface area contributed by atoms with Crippen LogP contribution in [0.5, 0.6) is 5.75 Å². The number of ether oxygens (including phenoxy) is 1. The zero-order valence-electron chi connectivity index (χ0n) is 19.0. The van der Waals surface area contributed by atoms with Crippen LogP contribution in [-0.2, 0) is 16.1 Å². The molecule has 1 aromatic heterocycles. The molecule has 2 amide bonds. The van der Waals surface area contributed by atoms with Gasteiger partial charge in [-0.25, -0.2) is 5.43 Å². The van der Waals surface area contributed by atoms with Crippen molar-refractivity contribution in [3.05, 3.63) is 82.2 Å². The van der Waals surface area contributed by atoms with Crippen LogP contribution < -0.4 is 15.5 Å². The Labute approximate surface area is 188 Å². The largest absolute Gasteiger partial charge is 0.497 e. The average Bonchev–Trinajstić information content (AvgIpc) is 3.05. The summed E-state index contributed by atoms with van der Waals surface area (Å²) in [7, 11) is 1.59. The summed E-state index contributed by atoms with van der Waals surface area (Å²) in [6, 6.07) is 15.5. The van der Waals surface area contributed by atoms with Crippen LogP contribution in [0.4, 0.5) is 0 Å². The number of hydrazone groups is 1. The minimum atomic E-state index is -0.821. The Morgan fingerprint density at radius 3 is 2.38 bits per heavy atom. The van der Waals surface area contributed by atoms with Crippen molar-refractivity contribution in [3.63, 3.8) is 0 Å². The minimum Gasteiger partial charge on any atom is -0.497 e. The van der Waals surface area contributed by atoms with E-state index in [1.54, 1.807) is 25.5 Å². The van der Waals surface area contributed by atoms with Gasteiger partial charge in [0.2, 0.25) is 0 Å². The summed E-state index contributed by atoms with van der Waals surface area (Å²) >= 11 is 0. The second kappa shape index (κ2) is 9.96. The van der Waals surface area contributed by atoms with Gasteiger partial charge >= 0.3 is 11.8 Å². The maximum atomic E-state index is 12.0. The molecule has 0 spiro atoms. The van der Waals surface area contributed by atoms with Crippen molar-refractivity contribution in [1.82, 2.24) is 15.3 Å². The summed E-state index contributed by atoms with van der Waals surface area (Å²) in [5, 5.41) is 6.54. The highest BCUT2D eigenvalue weighted by atomic mass is 16.5. The average molecular weight is 433 g/mol. The summed E-state index contributed by atoms with van der Waals surface area (Å²) in [6.07, 6.45) is 1.55. The number of nitrogens with one attached hydrogen (secondary N) is 2. The maximum Gasteiger partial charge on any atom is 0.329 e. The van der Waals surface area contributed by atoms with Crippen LogP contribution in [0.3, 0.4) is 0 Å². The first-order valence-electron chi connectivity index (χ1n) is 10.3. The van der Waals surface area contributed by atoms with Crippen molar-refractivity contribution in [3.8, 4) is 11.4 Å². The van der Waals surface area contributed by atoms with Crippen molar-refractivity contribution < 1.29 is 14.3 Å². The number of carbonyl (C=O) groups excluding carboxylic acids is 2. The highest BCUT2D eigenvalue weighted by Gasteiger charge is 2.14. The summed E-state index contributed by atoms with van der Waals surface area (Å²) in [4.78, 5) is 24.1. The van der Waals surface area contributed by atoms with Crippen molar-refractivity contribution in [1.29, 1.82) is 0 Å². The lowest BCUT2D eigenvalue weighted by Gasteiger charge is -2.13. The topological polar surface area (TPSA) is 84.7 Å². The standard InChI is InChI=1S/C25H28N4O3/c1-16-6-11-23(17(2)12-16)29-18(3)13-21(19(29)4)15-27-28-25(31)24(30)26-14-20-7-9-22(32-5)10-8-20/h6-13,15H,14H2,1-5H3,(H,26,30)(H,28,31)/b27-15-. The molecule has 2 aromatic carbocycles. The van der Waals surface area contributed by atoms with E-state index in [-0.39, 0.29) is 6.54 Å². The zero-order chi connectivity index (χ0) is 23.3. The van der Waals surface area contributed by atoms with Crippen LogP contribution in [0.25, 0.3) is 5.69 Å². The number of hydrogen-bond acceptors (Lipinski definition) is 4.